The minimum atomic E-state index is -5.10. The Morgan fingerprint density at radius 1 is 1.08 bits per heavy atom. The average molecular weight is 274 g/mol. The van der Waals surface area contributed by atoms with E-state index in [0.717, 1.165) is 0 Å². The van der Waals surface area contributed by atoms with Crippen LogP contribution in [-0.4, -0.2) is 19.9 Å². The fourth-order valence-corrected chi connectivity index (χ4v) is 1.34. The van der Waals surface area contributed by atoms with E-state index < -0.39 is 15.6 Å². The molecule has 0 spiro atoms. The van der Waals surface area contributed by atoms with Gasteiger partial charge in [-0.15, -0.1) is 4.67 Å². The second kappa shape index (κ2) is 8.62. The van der Waals surface area contributed by atoms with E-state index in [9.17, 15) is 9.13 Å². The zero-order chi connectivity index (χ0) is 8.41. The van der Waals surface area contributed by atoms with Crippen LogP contribution >= 0.6 is 15.6 Å². The van der Waals surface area contributed by atoms with E-state index in [1.165, 1.54) is 0 Å². The van der Waals surface area contributed by atoms with E-state index in [0.29, 0.717) is 0 Å². The first-order chi connectivity index (χ1) is 4.27. The van der Waals surface area contributed by atoms with Gasteiger partial charge in [0.25, 0.3) is 0 Å². The molecular formula is H6K2O8P2. The van der Waals surface area contributed by atoms with Crippen molar-refractivity contribution >= 4 is 15.6 Å². The number of hydrogen-bond acceptors (Lipinski definition) is 5. The van der Waals surface area contributed by atoms with Crippen LogP contribution in [0.5, 0.6) is 0 Å². The summed E-state index contributed by atoms with van der Waals surface area (Å²) in [6.07, 6.45) is 0. The first-order valence-electron chi connectivity index (χ1n) is 1.70. The molecule has 0 amide bonds. The van der Waals surface area contributed by atoms with Gasteiger partial charge in [0.05, 0.1) is 0 Å². The number of rotatable bonds is 3. The van der Waals surface area contributed by atoms with E-state index in [4.69, 9.17) is 19.9 Å². The van der Waals surface area contributed by atoms with Crippen LogP contribution < -0.4 is 103 Å². The van der Waals surface area contributed by atoms with E-state index >= 15 is 0 Å². The summed E-state index contributed by atoms with van der Waals surface area (Å²) in [4.78, 5) is 23.7. The molecule has 0 aromatic heterocycles. The van der Waals surface area contributed by atoms with Gasteiger partial charge >= 0.3 is 118 Å². The molecule has 1 atom stereocenters. The van der Waals surface area contributed by atoms with Gasteiger partial charge in [0.2, 0.25) is 0 Å². The third-order valence-corrected chi connectivity index (χ3v) is 2.20. The van der Waals surface area contributed by atoms with Gasteiger partial charge in [0.15, 0.2) is 0 Å². The van der Waals surface area contributed by atoms with Crippen LogP contribution in [0.4, 0.5) is 0 Å². The van der Waals surface area contributed by atoms with E-state index in [1.54, 1.807) is 0 Å². The van der Waals surface area contributed by atoms with Crippen molar-refractivity contribution in [1.29, 1.82) is 0 Å². The van der Waals surface area contributed by atoms with Crippen molar-refractivity contribution in [2.45, 2.75) is 0 Å². The second-order valence-corrected chi connectivity index (χ2v) is 3.86. The first kappa shape index (κ1) is 20.9. The molecule has 0 aliphatic heterocycles. The summed E-state index contributed by atoms with van der Waals surface area (Å²) in [7, 11) is -10.1. The molecule has 8 nitrogen and oxygen atoms in total. The summed E-state index contributed by atoms with van der Waals surface area (Å²) in [6, 6.07) is 0. The molecule has 12 heteroatoms. The third kappa shape index (κ3) is 13.5. The topological polar surface area (TPSA) is 134 Å². The Bertz CT molecular complexity index is 202. The molecule has 0 radical (unpaired) electrons. The maximum atomic E-state index is 9.97. The van der Waals surface area contributed by atoms with Gasteiger partial charge in [-0.3, -0.25) is 0 Å². The molecule has 0 aliphatic rings. The molecule has 0 aliphatic carbocycles. The van der Waals surface area contributed by atoms with Gasteiger partial charge in [-0.2, -0.15) is 4.31 Å². The molecule has 0 saturated heterocycles. The van der Waals surface area contributed by atoms with Gasteiger partial charge in [-0.1, -0.05) is 0 Å². The summed E-state index contributed by atoms with van der Waals surface area (Å²) in [5.74, 6) is 0. The third-order valence-electron chi connectivity index (χ3n) is 0.313. The van der Waals surface area contributed by atoms with Gasteiger partial charge in [0, 0.05) is 0 Å². The summed E-state index contributed by atoms with van der Waals surface area (Å²) in [6.45, 7) is 0. The molecule has 0 rings (SSSR count). The van der Waals surface area contributed by atoms with Gasteiger partial charge in [-0.25, -0.2) is 14.4 Å². The van der Waals surface area contributed by atoms with Crippen LogP contribution in [0.15, 0.2) is 0 Å². The first-order valence-corrected chi connectivity index (χ1v) is 4.72. The maximum Gasteiger partial charge on any atom is 1.00 e. The average Bonchev–Trinajstić information content (AvgIpc) is 1.60. The molecule has 0 aromatic rings. The smallest absolute Gasteiger partial charge is 1.00 e. The SMILES string of the molecule is O=P(O)(O)OP(=O)(O)OO.[H-].[H-].[K+].[K+]. The van der Waals surface area contributed by atoms with Crippen LogP contribution in [0, 0.1) is 0 Å². The molecular weight excluding hydrogens is 268 g/mol. The Morgan fingerprint density at radius 2 is 1.42 bits per heavy atom. The number of phosphoric acid groups is 2. The molecule has 0 fully saturated rings. The minimum Gasteiger partial charge on any atom is -1.00 e. The molecule has 0 aromatic carbocycles. The van der Waals surface area contributed by atoms with Crippen molar-refractivity contribution in [3.8, 4) is 0 Å². The molecule has 4 N–H and O–H groups in total. The second-order valence-electron chi connectivity index (χ2n) is 1.12. The van der Waals surface area contributed by atoms with E-state index in [-0.39, 0.29) is 106 Å². The predicted octanol–water partition coefficient (Wildman–Crippen LogP) is -6.08. The van der Waals surface area contributed by atoms with Crippen molar-refractivity contribution in [2.24, 2.45) is 0 Å². The Labute approximate surface area is 156 Å². The zero-order valence-electron chi connectivity index (χ0n) is 8.32. The molecule has 0 saturated carbocycles. The van der Waals surface area contributed by atoms with Crippen molar-refractivity contribution in [3.05, 3.63) is 0 Å². The maximum absolute atomic E-state index is 9.97. The Balaban J connectivity index is -0.0000000675. The van der Waals surface area contributed by atoms with Crippen molar-refractivity contribution < 1.29 is 144 Å². The van der Waals surface area contributed by atoms with Crippen molar-refractivity contribution in [2.75, 3.05) is 0 Å². The zero-order valence-corrected chi connectivity index (χ0v) is 14.4. The standard InChI is InChI=1S/2K.H4O8P2.2H/c;;1-7-10(5,6)8-9(2,3)4;;/h;;1H,(H,5,6)(H2,2,3,4);;/q2*+1;;2*-1. The van der Waals surface area contributed by atoms with Crippen LogP contribution in [0.2, 0.25) is 0 Å². The number of hydrogen-bond donors (Lipinski definition) is 4. The molecule has 0 bridgehead atoms. The van der Waals surface area contributed by atoms with Gasteiger partial charge < -0.3 is 17.5 Å². The monoisotopic (exact) mass is 274 g/mol. The molecule has 12 heavy (non-hydrogen) atoms. The van der Waals surface area contributed by atoms with Crippen molar-refractivity contribution in [1.82, 2.24) is 0 Å². The predicted molar refractivity (Wildman–Crippen MR) is 28.9 cm³/mol. The van der Waals surface area contributed by atoms with Crippen molar-refractivity contribution in [3.63, 3.8) is 0 Å². The van der Waals surface area contributed by atoms with E-state index in [2.05, 4.69) is 8.99 Å². The Hall–Kier alpha value is 3.49. The largest absolute Gasteiger partial charge is 1.00 e. The van der Waals surface area contributed by atoms with E-state index in [1.807, 2.05) is 0 Å². The summed E-state index contributed by atoms with van der Waals surface area (Å²) in [5, 5.41) is 7.48. The van der Waals surface area contributed by atoms with Crippen LogP contribution in [-0.2, 0) is 18.1 Å². The van der Waals surface area contributed by atoms with Gasteiger partial charge in [-0.05, 0) is 0 Å². The molecule has 66 valence electrons. The minimum absolute atomic E-state index is 0. The normalized spacial score (nSPS) is 15.3. The Morgan fingerprint density at radius 3 is 1.50 bits per heavy atom. The summed E-state index contributed by atoms with van der Waals surface area (Å²) >= 11 is 0. The molecule has 1 unspecified atom stereocenters. The summed E-state index contributed by atoms with van der Waals surface area (Å²) < 4.78 is 25.5. The van der Waals surface area contributed by atoms with Crippen LogP contribution in [0.25, 0.3) is 0 Å². The van der Waals surface area contributed by atoms with Crippen LogP contribution in [0.1, 0.15) is 2.85 Å². The fourth-order valence-electron chi connectivity index (χ4n) is 0.149. The van der Waals surface area contributed by atoms with Crippen LogP contribution in [0.3, 0.4) is 0 Å². The molecule has 0 heterocycles. The quantitative estimate of drug-likeness (QED) is 0.173. The summed E-state index contributed by atoms with van der Waals surface area (Å²) in [5.41, 5.74) is 0. The Kier molecular flexibility index (Phi) is 15.0. The fraction of sp³-hybridized carbons (Fsp3) is 0. The van der Waals surface area contributed by atoms with Gasteiger partial charge in [0.1, 0.15) is 0 Å².